The van der Waals surface area contributed by atoms with Gasteiger partial charge in [0.2, 0.25) is 0 Å². The molecule has 0 aromatic carbocycles. The van der Waals surface area contributed by atoms with Crippen LogP contribution in [0, 0.1) is 0 Å². The van der Waals surface area contributed by atoms with E-state index < -0.39 is 0 Å². The molecular weight excluding hydrogens is 244 g/mol. The van der Waals surface area contributed by atoms with Crippen LogP contribution in [0.1, 0.15) is 66.7 Å². The third-order valence-electron chi connectivity index (χ3n) is 3.26. The van der Waals surface area contributed by atoms with Crippen LogP contribution < -0.4 is 0 Å². The molecule has 108 valence electrons. The zero-order chi connectivity index (χ0) is 14.0. The maximum absolute atomic E-state index is 5.71. The van der Waals surface area contributed by atoms with E-state index in [0.717, 1.165) is 12.8 Å². The summed E-state index contributed by atoms with van der Waals surface area (Å²) < 4.78 is 10.8. The van der Waals surface area contributed by atoms with Crippen LogP contribution in [-0.4, -0.2) is 18.6 Å². The van der Waals surface area contributed by atoms with Gasteiger partial charge in [0.05, 0.1) is 6.10 Å². The second kappa shape index (κ2) is 10.9. The highest BCUT2D eigenvalue weighted by molar-refractivity contribution is 7.95. The topological polar surface area (TPSA) is 18.5 Å². The molecular formula is C15H30O2S. The Hall–Kier alpha value is 0.0100. The van der Waals surface area contributed by atoms with Crippen LogP contribution in [0.15, 0.2) is 11.1 Å². The van der Waals surface area contributed by atoms with E-state index in [1.807, 2.05) is 6.92 Å². The number of unbranched alkanes of at least 4 members (excludes halogenated alkanes) is 1. The minimum absolute atomic E-state index is 0.127. The van der Waals surface area contributed by atoms with Crippen molar-refractivity contribution < 1.29 is 8.92 Å². The van der Waals surface area contributed by atoms with E-state index in [1.165, 1.54) is 42.5 Å². The molecule has 0 heterocycles. The van der Waals surface area contributed by atoms with Gasteiger partial charge in [-0.05, 0) is 40.0 Å². The van der Waals surface area contributed by atoms with Gasteiger partial charge >= 0.3 is 0 Å². The maximum atomic E-state index is 5.71. The van der Waals surface area contributed by atoms with Crippen molar-refractivity contribution in [2.24, 2.45) is 0 Å². The van der Waals surface area contributed by atoms with Gasteiger partial charge in [-0.2, -0.15) is 0 Å². The average molecular weight is 274 g/mol. The van der Waals surface area contributed by atoms with E-state index in [1.54, 1.807) is 7.11 Å². The molecule has 2 atom stereocenters. The van der Waals surface area contributed by atoms with Crippen molar-refractivity contribution in [2.75, 3.05) is 7.11 Å². The standard InChI is InChI=1S/C11H20O2S.C4H10/c1-8-5-6-11(7-9(8)2)13-14-10(3)12-4;1-3-4-2/h10-11H,5-7H2,1-4H3;3-4H2,1-2H3. The van der Waals surface area contributed by atoms with Gasteiger partial charge in [0.1, 0.15) is 5.44 Å². The fourth-order valence-electron chi connectivity index (χ4n) is 1.49. The smallest absolute Gasteiger partial charge is 0.125 e. The summed E-state index contributed by atoms with van der Waals surface area (Å²) in [5, 5.41) is 0. The van der Waals surface area contributed by atoms with Crippen LogP contribution in [0.5, 0.6) is 0 Å². The third-order valence-corrected chi connectivity index (χ3v) is 4.11. The number of allylic oxidation sites excluding steroid dienone is 1. The molecule has 2 unspecified atom stereocenters. The number of hydrogen-bond donors (Lipinski definition) is 0. The minimum atomic E-state index is 0.127. The second-order valence-electron chi connectivity index (χ2n) is 4.92. The molecule has 18 heavy (non-hydrogen) atoms. The van der Waals surface area contributed by atoms with Crippen LogP contribution >= 0.6 is 12.0 Å². The molecule has 1 aliphatic rings. The average Bonchev–Trinajstić information content (AvgIpc) is 2.40. The first-order valence-corrected chi connectivity index (χ1v) is 7.85. The molecule has 0 spiro atoms. The summed E-state index contributed by atoms with van der Waals surface area (Å²) in [7, 11) is 1.71. The number of methoxy groups -OCH3 is 1. The second-order valence-corrected chi connectivity index (χ2v) is 5.97. The first-order valence-electron chi connectivity index (χ1n) is 7.05. The van der Waals surface area contributed by atoms with Crippen molar-refractivity contribution in [1.82, 2.24) is 0 Å². The van der Waals surface area contributed by atoms with Crippen molar-refractivity contribution in [1.29, 1.82) is 0 Å². The van der Waals surface area contributed by atoms with E-state index in [9.17, 15) is 0 Å². The van der Waals surface area contributed by atoms with Crippen LogP contribution in [0.25, 0.3) is 0 Å². The van der Waals surface area contributed by atoms with Gasteiger partial charge in [0, 0.05) is 19.2 Å². The quantitative estimate of drug-likeness (QED) is 0.383. The highest BCUT2D eigenvalue weighted by Gasteiger charge is 2.18. The predicted molar refractivity (Wildman–Crippen MR) is 81.7 cm³/mol. The fraction of sp³-hybridized carbons (Fsp3) is 0.867. The highest BCUT2D eigenvalue weighted by atomic mass is 32.2. The Kier molecular flexibility index (Phi) is 10.9. The minimum Gasteiger partial charge on any atom is -0.369 e. The SMILES string of the molecule is CCCC.COC(C)SOC1CCC(C)=C(C)C1. The molecule has 0 aliphatic heterocycles. The van der Waals surface area contributed by atoms with Gasteiger partial charge in [-0.25, -0.2) is 0 Å². The molecule has 0 saturated carbocycles. The lowest BCUT2D eigenvalue weighted by Crippen LogP contribution is -2.16. The normalized spacial score (nSPS) is 21.3. The van der Waals surface area contributed by atoms with Crippen molar-refractivity contribution in [2.45, 2.75) is 78.3 Å². The lowest BCUT2D eigenvalue weighted by Gasteiger charge is -2.24. The number of rotatable bonds is 5. The van der Waals surface area contributed by atoms with Crippen LogP contribution in [0.4, 0.5) is 0 Å². The van der Waals surface area contributed by atoms with E-state index in [4.69, 9.17) is 8.92 Å². The highest BCUT2D eigenvalue weighted by Crippen LogP contribution is 2.29. The van der Waals surface area contributed by atoms with Crippen LogP contribution in [-0.2, 0) is 8.92 Å². The third kappa shape index (κ3) is 8.17. The van der Waals surface area contributed by atoms with Crippen molar-refractivity contribution in [3.63, 3.8) is 0 Å². The number of hydrogen-bond acceptors (Lipinski definition) is 3. The molecule has 1 aliphatic carbocycles. The Morgan fingerprint density at radius 1 is 1.22 bits per heavy atom. The van der Waals surface area contributed by atoms with Crippen molar-refractivity contribution in [3.8, 4) is 0 Å². The summed E-state index contributed by atoms with van der Waals surface area (Å²) in [6, 6.07) is 0. The molecule has 3 heteroatoms. The molecule has 0 aromatic heterocycles. The van der Waals surface area contributed by atoms with Gasteiger partial charge in [-0.15, -0.1) is 0 Å². The summed E-state index contributed by atoms with van der Waals surface area (Å²) in [6.07, 6.45) is 6.42. The molecule has 0 aromatic rings. The summed E-state index contributed by atoms with van der Waals surface area (Å²) in [5.74, 6) is 0. The first-order chi connectivity index (χ1) is 8.54. The van der Waals surface area contributed by atoms with Gasteiger partial charge in [0.25, 0.3) is 0 Å². The lowest BCUT2D eigenvalue weighted by atomic mass is 9.92. The predicted octanol–water partition coefficient (Wildman–Crippen LogP) is 5.34. The Morgan fingerprint density at radius 2 is 1.83 bits per heavy atom. The van der Waals surface area contributed by atoms with Crippen molar-refractivity contribution in [3.05, 3.63) is 11.1 Å². The van der Waals surface area contributed by atoms with Gasteiger partial charge in [0.15, 0.2) is 0 Å². The van der Waals surface area contributed by atoms with E-state index in [0.29, 0.717) is 6.10 Å². The van der Waals surface area contributed by atoms with Crippen LogP contribution in [0.3, 0.4) is 0 Å². The summed E-state index contributed by atoms with van der Waals surface area (Å²) in [5.41, 5.74) is 3.16. The largest absolute Gasteiger partial charge is 0.369 e. The Morgan fingerprint density at radius 3 is 2.28 bits per heavy atom. The molecule has 0 amide bonds. The van der Waals surface area contributed by atoms with E-state index >= 15 is 0 Å². The lowest BCUT2D eigenvalue weighted by molar-refractivity contribution is 0.162. The van der Waals surface area contributed by atoms with E-state index in [2.05, 4.69) is 27.7 Å². The zero-order valence-corrected chi connectivity index (χ0v) is 13.7. The summed E-state index contributed by atoms with van der Waals surface area (Å²) in [4.78, 5) is 0. The molecule has 0 radical (unpaired) electrons. The van der Waals surface area contributed by atoms with Crippen molar-refractivity contribution >= 4 is 12.0 Å². The number of ether oxygens (including phenoxy) is 1. The van der Waals surface area contributed by atoms with Gasteiger partial charge in [-0.1, -0.05) is 37.8 Å². The molecule has 0 N–H and O–H groups in total. The summed E-state index contributed by atoms with van der Waals surface area (Å²) >= 11 is 1.44. The van der Waals surface area contributed by atoms with Crippen LogP contribution in [0.2, 0.25) is 0 Å². The van der Waals surface area contributed by atoms with Gasteiger partial charge in [-0.3, -0.25) is 0 Å². The molecule has 0 fully saturated rings. The molecule has 1 rings (SSSR count). The fourth-order valence-corrected chi connectivity index (χ4v) is 2.04. The Labute approximate surface area is 118 Å². The van der Waals surface area contributed by atoms with E-state index in [-0.39, 0.29) is 5.44 Å². The van der Waals surface area contributed by atoms with Gasteiger partial charge < -0.3 is 8.92 Å². The molecule has 2 nitrogen and oxygen atoms in total. The molecule has 0 saturated heterocycles. The zero-order valence-electron chi connectivity index (χ0n) is 12.9. The monoisotopic (exact) mass is 274 g/mol. The Balaban J connectivity index is 0.000000631. The molecule has 0 bridgehead atoms. The maximum Gasteiger partial charge on any atom is 0.125 e. The summed E-state index contributed by atoms with van der Waals surface area (Å²) in [6.45, 7) is 10.8. The Bertz CT molecular complexity index is 237. The first kappa shape index (κ1) is 18.0.